The van der Waals surface area contributed by atoms with Gasteiger partial charge in [0.1, 0.15) is 0 Å². The zero-order valence-electron chi connectivity index (χ0n) is 5.18. The Bertz CT molecular complexity index is 322. The first-order valence-electron chi connectivity index (χ1n) is 2.51. The van der Waals surface area contributed by atoms with E-state index in [1.807, 2.05) is 0 Å². The third-order valence-corrected chi connectivity index (χ3v) is 1.90. The molecule has 0 N–H and O–H groups in total. The molecule has 0 saturated carbocycles. The topological polar surface area (TPSA) is 73.6 Å². The average Bonchev–Trinajstić information content (AvgIpc) is 2.37. The summed E-state index contributed by atoms with van der Waals surface area (Å²) < 4.78 is 29.5. The molecule has 0 aliphatic carbocycles. The molecule has 0 bridgehead atoms. The zero-order chi connectivity index (χ0) is 8.32. The van der Waals surface area contributed by atoms with Gasteiger partial charge in [0.25, 0.3) is 5.09 Å². The molecular formula is C5H3O5S. The van der Waals surface area contributed by atoms with E-state index in [-0.39, 0.29) is 0 Å². The Morgan fingerprint density at radius 2 is 2.27 bits per heavy atom. The van der Waals surface area contributed by atoms with Crippen LogP contribution in [0.5, 0.6) is 0 Å². The highest BCUT2D eigenvalue weighted by Gasteiger charge is 2.18. The first-order valence-corrected chi connectivity index (χ1v) is 3.92. The Labute approximate surface area is 62.7 Å². The Hall–Kier alpha value is -1.30. The van der Waals surface area contributed by atoms with Gasteiger partial charge in [0.2, 0.25) is 0 Å². The van der Waals surface area contributed by atoms with E-state index in [0.29, 0.717) is 0 Å². The molecule has 0 atom stereocenters. The van der Waals surface area contributed by atoms with Crippen molar-refractivity contribution < 1.29 is 21.8 Å². The third-order valence-electron chi connectivity index (χ3n) is 0.885. The molecule has 1 heterocycles. The second-order valence-electron chi connectivity index (χ2n) is 1.55. The first kappa shape index (κ1) is 7.80. The molecule has 1 aromatic heterocycles. The van der Waals surface area contributed by atoms with Crippen molar-refractivity contribution in [2.45, 2.75) is 5.09 Å². The summed E-state index contributed by atoms with van der Waals surface area (Å²) in [6.45, 7) is 0.798. The number of rotatable bonds is 3. The van der Waals surface area contributed by atoms with Crippen molar-refractivity contribution in [2.75, 3.05) is 0 Å². The molecule has 5 nitrogen and oxygen atoms in total. The van der Waals surface area contributed by atoms with Gasteiger partial charge in [0.15, 0.2) is 0 Å². The van der Waals surface area contributed by atoms with Gasteiger partial charge in [-0.15, -0.1) is 0 Å². The number of hydrogen-bond acceptors (Lipinski definition) is 5. The number of furan rings is 1. The highest BCUT2D eigenvalue weighted by molar-refractivity contribution is 7.86. The van der Waals surface area contributed by atoms with E-state index < -0.39 is 15.2 Å². The maximum absolute atomic E-state index is 10.7. The summed E-state index contributed by atoms with van der Waals surface area (Å²) in [4.78, 5) is 9.55. The molecule has 6 heteroatoms. The summed E-state index contributed by atoms with van der Waals surface area (Å²) in [6.07, 6.45) is 1.15. The van der Waals surface area contributed by atoms with E-state index in [0.717, 1.165) is 18.8 Å². The summed E-state index contributed by atoms with van der Waals surface area (Å²) in [6, 6.07) is 2.52. The molecule has 0 spiro atoms. The lowest BCUT2D eigenvalue weighted by molar-refractivity contribution is 0.389. The van der Waals surface area contributed by atoms with Gasteiger partial charge in [-0.2, -0.15) is 8.42 Å². The fraction of sp³-hybridized carbons (Fsp3) is 0. The van der Waals surface area contributed by atoms with Crippen LogP contribution < -0.4 is 0 Å². The highest BCUT2D eigenvalue weighted by atomic mass is 32.2. The molecule has 59 valence electrons. The maximum atomic E-state index is 10.7. The van der Waals surface area contributed by atoms with Crippen molar-refractivity contribution in [3.05, 3.63) is 18.4 Å². The van der Waals surface area contributed by atoms with Crippen LogP contribution in [0.25, 0.3) is 0 Å². The average molecular weight is 175 g/mol. The van der Waals surface area contributed by atoms with Crippen LogP contribution in [0.1, 0.15) is 0 Å². The molecule has 0 aromatic carbocycles. The van der Waals surface area contributed by atoms with Crippen LogP contribution in [0.15, 0.2) is 27.9 Å². The van der Waals surface area contributed by atoms with Gasteiger partial charge >= 0.3 is 16.6 Å². The molecule has 0 amide bonds. The van der Waals surface area contributed by atoms with Gasteiger partial charge in [0.05, 0.1) is 6.26 Å². The Kier molecular flexibility index (Phi) is 1.95. The van der Waals surface area contributed by atoms with Crippen LogP contribution in [0.3, 0.4) is 0 Å². The summed E-state index contributed by atoms with van der Waals surface area (Å²) >= 11 is 0. The van der Waals surface area contributed by atoms with E-state index in [4.69, 9.17) is 0 Å². The minimum Gasteiger partial charge on any atom is -0.450 e. The van der Waals surface area contributed by atoms with Gasteiger partial charge in [0, 0.05) is 0 Å². The number of hydrogen-bond donors (Lipinski definition) is 0. The van der Waals surface area contributed by atoms with Crippen molar-refractivity contribution >= 4 is 16.6 Å². The molecule has 11 heavy (non-hydrogen) atoms. The molecule has 0 saturated heterocycles. The molecule has 1 rings (SSSR count). The second kappa shape index (κ2) is 2.75. The summed E-state index contributed by atoms with van der Waals surface area (Å²) in [7, 11) is -4.06. The lowest BCUT2D eigenvalue weighted by atomic mass is 10.7. The van der Waals surface area contributed by atoms with Crippen molar-refractivity contribution in [1.82, 2.24) is 0 Å². The van der Waals surface area contributed by atoms with E-state index in [1.165, 1.54) is 6.07 Å². The largest absolute Gasteiger partial charge is 0.450 e. The standard InChI is InChI=1S/C5H3O5S/c6-4-10-11(7,8)5-2-1-3-9-5/h1-3H. The van der Waals surface area contributed by atoms with E-state index >= 15 is 0 Å². The van der Waals surface area contributed by atoms with Gasteiger partial charge < -0.3 is 8.60 Å². The van der Waals surface area contributed by atoms with E-state index in [9.17, 15) is 13.2 Å². The monoisotopic (exact) mass is 175 g/mol. The molecule has 0 unspecified atom stereocenters. The molecule has 1 radical (unpaired) electrons. The molecule has 0 aliphatic rings. The summed E-state index contributed by atoms with van der Waals surface area (Å²) in [5.74, 6) is 0. The lowest BCUT2D eigenvalue weighted by Crippen LogP contribution is -2.02. The van der Waals surface area contributed by atoms with Crippen LogP contribution in [0, 0.1) is 0 Å². The Morgan fingerprint density at radius 3 is 2.73 bits per heavy atom. The van der Waals surface area contributed by atoms with Crippen molar-refractivity contribution in [3.8, 4) is 0 Å². The molecule has 0 aliphatic heterocycles. The van der Waals surface area contributed by atoms with Crippen LogP contribution in [-0.4, -0.2) is 14.9 Å². The maximum Gasteiger partial charge on any atom is 0.434 e. The van der Waals surface area contributed by atoms with E-state index in [2.05, 4.69) is 8.60 Å². The predicted molar refractivity (Wildman–Crippen MR) is 32.7 cm³/mol. The minimum atomic E-state index is -4.06. The molecular weight excluding hydrogens is 172 g/mol. The van der Waals surface area contributed by atoms with E-state index in [1.54, 1.807) is 0 Å². The van der Waals surface area contributed by atoms with Gasteiger partial charge in [-0.25, -0.2) is 4.79 Å². The van der Waals surface area contributed by atoms with Crippen LogP contribution >= 0.6 is 0 Å². The van der Waals surface area contributed by atoms with Crippen LogP contribution in [0.2, 0.25) is 0 Å². The van der Waals surface area contributed by atoms with Gasteiger partial charge in [-0.05, 0) is 12.1 Å². The predicted octanol–water partition coefficient (Wildman–Crippen LogP) is 0.0521. The molecule has 1 aromatic rings. The number of carbonyl (C=O) groups excluding carboxylic acids is 1. The zero-order valence-corrected chi connectivity index (χ0v) is 6.00. The van der Waals surface area contributed by atoms with Crippen LogP contribution in [0.4, 0.5) is 0 Å². The van der Waals surface area contributed by atoms with Crippen molar-refractivity contribution in [3.63, 3.8) is 0 Å². The summed E-state index contributed by atoms with van der Waals surface area (Å²) in [5, 5.41) is -0.416. The Morgan fingerprint density at radius 1 is 1.55 bits per heavy atom. The fourth-order valence-corrected chi connectivity index (χ4v) is 1.08. The lowest BCUT2D eigenvalue weighted by Gasteiger charge is -1.92. The summed E-state index contributed by atoms with van der Waals surface area (Å²) in [5.41, 5.74) is 0. The third kappa shape index (κ3) is 1.58. The Balaban J connectivity index is 3.01. The smallest absolute Gasteiger partial charge is 0.434 e. The first-order chi connectivity index (χ1) is 5.17. The fourth-order valence-electron chi connectivity index (χ4n) is 0.492. The van der Waals surface area contributed by atoms with Crippen LogP contribution in [-0.2, 0) is 19.1 Å². The molecule has 0 fully saturated rings. The second-order valence-corrected chi connectivity index (χ2v) is 3.03. The SMILES string of the molecule is O=[C]OS(=O)(=O)c1ccco1. The quantitative estimate of drug-likeness (QED) is 0.607. The van der Waals surface area contributed by atoms with Gasteiger partial charge in [-0.1, -0.05) is 0 Å². The minimum absolute atomic E-state index is 0.416. The highest BCUT2D eigenvalue weighted by Crippen LogP contribution is 2.10. The van der Waals surface area contributed by atoms with Gasteiger partial charge in [-0.3, -0.25) is 0 Å². The van der Waals surface area contributed by atoms with Crippen molar-refractivity contribution in [1.29, 1.82) is 0 Å². The van der Waals surface area contributed by atoms with Crippen molar-refractivity contribution in [2.24, 2.45) is 0 Å². The normalized spacial score (nSPS) is 10.9.